The molecule has 2 atom stereocenters. The molecule has 1 N–H and O–H groups in total. The van der Waals surface area contributed by atoms with E-state index in [1.54, 1.807) is 12.5 Å². The fraction of sp³-hybridized carbons (Fsp3) is 0.500. The number of rotatable bonds is 3. The summed E-state index contributed by atoms with van der Waals surface area (Å²) in [5, 5.41) is 12.1. The van der Waals surface area contributed by atoms with Crippen molar-refractivity contribution in [3.8, 4) is 0 Å². The van der Waals surface area contributed by atoms with Crippen LogP contribution in [0.2, 0.25) is 5.02 Å². The van der Waals surface area contributed by atoms with E-state index in [9.17, 15) is 5.11 Å². The van der Waals surface area contributed by atoms with Crippen LogP contribution >= 0.6 is 11.6 Å². The van der Waals surface area contributed by atoms with Gasteiger partial charge in [0.15, 0.2) is 0 Å². The van der Waals surface area contributed by atoms with E-state index in [4.69, 9.17) is 11.6 Å². The lowest BCUT2D eigenvalue weighted by Gasteiger charge is -2.49. The summed E-state index contributed by atoms with van der Waals surface area (Å²) in [6.07, 6.45) is 8.32. The molecule has 22 heavy (non-hydrogen) atoms. The Bertz CT molecular complexity index is 621. The van der Waals surface area contributed by atoms with Crippen LogP contribution in [0.3, 0.4) is 0 Å². The van der Waals surface area contributed by atoms with E-state index in [1.165, 1.54) is 5.56 Å². The number of hydrogen-bond donors (Lipinski definition) is 1. The molecule has 3 nitrogen and oxygen atoms in total. The van der Waals surface area contributed by atoms with E-state index >= 15 is 0 Å². The minimum Gasteiger partial charge on any atom is -0.387 e. The SMILES string of the molecule is CC1(C)CCC(c2ccc(Cl)cc2)CC1(O)Cn1ccnc1. The molecule has 1 fully saturated rings. The average molecular weight is 319 g/mol. The van der Waals surface area contributed by atoms with Gasteiger partial charge in [-0.3, -0.25) is 0 Å². The maximum Gasteiger partial charge on any atom is 0.0946 e. The van der Waals surface area contributed by atoms with Crippen molar-refractivity contribution in [3.05, 3.63) is 53.6 Å². The van der Waals surface area contributed by atoms with E-state index in [1.807, 2.05) is 22.9 Å². The summed E-state index contributed by atoms with van der Waals surface area (Å²) in [4.78, 5) is 4.09. The molecule has 0 aliphatic heterocycles. The highest BCUT2D eigenvalue weighted by molar-refractivity contribution is 6.30. The summed E-state index contributed by atoms with van der Waals surface area (Å²) in [5.41, 5.74) is 0.417. The van der Waals surface area contributed by atoms with Crippen molar-refractivity contribution in [1.29, 1.82) is 0 Å². The predicted octanol–water partition coefficient (Wildman–Crippen LogP) is 4.26. The average Bonchev–Trinajstić information content (AvgIpc) is 2.96. The van der Waals surface area contributed by atoms with Gasteiger partial charge in [-0.15, -0.1) is 0 Å². The van der Waals surface area contributed by atoms with Crippen LogP contribution in [-0.4, -0.2) is 20.3 Å². The quantitative estimate of drug-likeness (QED) is 0.918. The first-order valence-corrected chi connectivity index (χ1v) is 8.21. The van der Waals surface area contributed by atoms with Crippen LogP contribution < -0.4 is 0 Å². The number of imidazole rings is 1. The van der Waals surface area contributed by atoms with Crippen LogP contribution in [0.5, 0.6) is 0 Å². The molecule has 1 aromatic heterocycles. The molecular formula is C18H23ClN2O. The van der Waals surface area contributed by atoms with Gasteiger partial charge in [-0.05, 0) is 48.3 Å². The molecule has 2 unspecified atom stereocenters. The molecule has 1 aliphatic carbocycles. The molecule has 0 spiro atoms. The summed E-state index contributed by atoms with van der Waals surface area (Å²) >= 11 is 5.99. The Labute approximate surface area is 137 Å². The number of hydrogen-bond acceptors (Lipinski definition) is 2. The number of aromatic nitrogens is 2. The highest BCUT2D eigenvalue weighted by atomic mass is 35.5. The molecule has 3 rings (SSSR count). The molecule has 1 aromatic carbocycles. The Hall–Kier alpha value is -1.32. The zero-order valence-corrected chi connectivity index (χ0v) is 13.9. The van der Waals surface area contributed by atoms with Gasteiger partial charge in [0.25, 0.3) is 0 Å². The number of nitrogens with zero attached hydrogens (tertiary/aromatic N) is 2. The molecule has 0 radical (unpaired) electrons. The van der Waals surface area contributed by atoms with Crippen molar-refractivity contribution in [3.63, 3.8) is 0 Å². The predicted molar refractivity (Wildman–Crippen MR) is 89.0 cm³/mol. The first kappa shape index (κ1) is 15.6. The van der Waals surface area contributed by atoms with E-state index in [2.05, 4.69) is 31.0 Å². The van der Waals surface area contributed by atoms with Crippen LogP contribution in [0, 0.1) is 5.41 Å². The van der Waals surface area contributed by atoms with Crippen molar-refractivity contribution in [2.24, 2.45) is 5.41 Å². The Kier molecular flexibility index (Phi) is 4.04. The Balaban J connectivity index is 1.84. The summed E-state index contributed by atoms with van der Waals surface area (Å²) in [5.74, 6) is 0.374. The second kappa shape index (κ2) is 5.71. The van der Waals surface area contributed by atoms with Gasteiger partial charge in [0.2, 0.25) is 0 Å². The van der Waals surface area contributed by atoms with E-state index < -0.39 is 5.60 Å². The Morgan fingerprint density at radius 1 is 1.32 bits per heavy atom. The topological polar surface area (TPSA) is 38.0 Å². The monoisotopic (exact) mass is 318 g/mol. The first-order chi connectivity index (χ1) is 10.4. The second-order valence-electron chi connectivity index (χ2n) is 7.14. The fourth-order valence-corrected chi connectivity index (χ4v) is 3.66. The van der Waals surface area contributed by atoms with Crippen molar-refractivity contribution >= 4 is 11.6 Å². The molecule has 4 heteroatoms. The zero-order chi connectivity index (χ0) is 15.8. The van der Waals surface area contributed by atoms with Gasteiger partial charge in [0, 0.05) is 17.4 Å². The summed E-state index contributed by atoms with van der Waals surface area (Å²) in [7, 11) is 0. The number of aliphatic hydroxyl groups is 1. The lowest BCUT2D eigenvalue weighted by molar-refractivity contribution is -0.114. The zero-order valence-electron chi connectivity index (χ0n) is 13.2. The van der Waals surface area contributed by atoms with Gasteiger partial charge in [-0.1, -0.05) is 37.6 Å². The van der Waals surface area contributed by atoms with E-state index in [0.29, 0.717) is 12.5 Å². The van der Waals surface area contributed by atoms with Crippen LogP contribution in [0.15, 0.2) is 43.0 Å². The van der Waals surface area contributed by atoms with Crippen molar-refractivity contribution in [1.82, 2.24) is 9.55 Å². The maximum absolute atomic E-state index is 11.4. The number of benzene rings is 1. The molecule has 1 aliphatic rings. The third-order valence-electron chi connectivity index (χ3n) is 5.31. The third-order valence-corrected chi connectivity index (χ3v) is 5.56. The molecule has 2 aromatic rings. The van der Waals surface area contributed by atoms with Crippen LogP contribution in [0.25, 0.3) is 0 Å². The lowest BCUT2D eigenvalue weighted by atomic mass is 9.61. The highest BCUT2D eigenvalue weighted by Crippen LogP contribution is 2.50. The minimum absolute atomic E-state index is 0.111. The van der Waals surface area contributed by atoms with E-state index in [0.717, 1.165) is 24.3 Å². The van der Waals surface area contributed by atoms with Crippen LogP contribution in [0.1, 0.15) is 44.6 Å². The van der Waals surface area contributed by atoms with Gasteiger partial charge in [-0.2, -0.15) is 0 Å². The molecule has 1 heterocycles. The fourth-order valence-electron chi connectivity index (χ4n) is 3.53. The molecule has 118 valence electrons. The van der Waals surface area contributed by atoms with Crippen LogP contribution in [0.4, 0.5) is 0 Å². The Morgan fingerprint density at radius 2 is 2.05 bits per heavy atom. The van der Waals surface area contributed by atoms with E-state index in [-0.39, 0.29) is 5.41 Å². The summed E-state index contributed by atoms with van der Waals surface area (Å²) in [6.45, 7) is 4.92. The molecule has 0 bridgehead atoms. The van der Waals surface area contributed by atoms with Gasteiger partial charge in [-0.25, -0.2) is 4.98 Å². The van der Waals surface area contributed by atoms with Gasteiger partial charge >= 0.3 is 0 Å². The normalized spacial score (nSPS) is 27.7. The van der Waals surface area contributed by atoms with Gasteiger partial charge in [0.05, 0.1) is 18.5 Å². The largest absolute Gasteiger partial charge is 0.387 e. The van der Waals surface area contributed by atoms with Crippen molar-refractivity contribution in [2.45, 2.75) is 51.2 Å². The van der Waals surface area contributed by atoms with Gasteiger partial charge in [0.1, 0.15) is 0 Å². The standard InChI is InChI=1S/C18H23ClN2O/c1-17(2)8-7-15(14-3-5-16(19)6-4-14)11-18(17,22)12-21-10-9-20-13-21/h3-6,9-10,13,15,22H,7-8,11-12H2,1-2H3. The first-order valence-electron chi connectivity index (χ1n) is 7.83. The summed E-state index contributed by atoms with van der Waals surface area (Å²) < 4.78 is 1.98. The molecule has 0 amide bonds. The molecule has 1 saturated carbocycles. The van der Waals surface area contributed by atoms with Crippen molar-refractivity contribution in [2.75, 3.05) is 0 Å². The highest BCUT2D eigenvalue weighted by Gasteiger charge is 2.48. The Morgan fingerprint density at radius 3 is 2.68 bits per heavy atom. The lowest BCUT2D eigenvalue weighted by Crippen LogP contribution is -2.51. The smallest absolute Gasteiger partial charge is 0.0946 e. The van der Waals surface area contributed by atoms with Crippen LogP contribution in [-0.2, 0) is 6.54 Å². The maximum atomic E-state index is 11.4. The van der Waals surface area contributed by atoms with Gasteiger partial charge < -0.3 is 9.67 Å². The second-order valence-corrected chi connectivity index (χ2v) is 7.58. The number of halogens is 1. The molecular weight excluding hydrogens is 296 g/mol. The minimum atomic E-state index is -0.740. The third kappa shape index (κ3) is 2.92. The van der Waals surface area contributed by atoms with Crippen molar-refractivity contribution < 1.29 is 5.11 Å². The molecule has 0 saturated heterocycles. The summed E-state index contributed by atoms with van der Waals surface area (Å²) in [6, 6.07) is 8.04.